The summed E-state index contributed by atoms with van der Waals surface area (Å²) in [4.78, 5) is 10.4. The second kappa shape index (κ2) is 6.50. The van der Waals surface area contributed by atoms with Crippen molar-refractivity contribution in [3.63, 3.8) is 0 Å². The number of benzene rings is 1. The number of nitrogens with one attached hydrogen (secondary N) is 1. The highest BCUT2D eigenvalue weighted by molar-refractivity contribution is 7.88. The lowest BCUT2D eigenvalue weighted by molar-refractivity contribution is -0.385. The summed E-state index contributed by atoms with van der Waals surface area (Å²) in [5.74, 6) is -0.0216. The summed E-state index contributed by atoms with van der Waals surface area (Å²) >= 11 is 0. The fourth-order valence-electron chi connectivity index (χ4n) is 2.60. The third kappa shape index (κ3) is 3.78. The number of hydrogen-bond donors (Lipinski definition) is 1. The summed E-state index contributed by atoms with van der Waals surface area (Å²) in [6.07, 6.45) is 0.816. The van der Waals surface area contributed by atoms with Gasteiger partial charge in [-0.1, -0.05) is 18.2 Å². The molecule has 0 spiro atoms. The number of nitro groups is 1. The van der Waals surface area contributed by atoms with E-state index in [1.807, 2.05) is 7.05 Å². The van der Waals surface area contributed by atoms with E-state index in [-0.39, 0.29) is 17.0 Å². The highest BCUT2D eigenvalue weighted by atomic mass is 32.2. The van der Waals surface area contributed by atoms with Crippen LogP contribution in [0.1, 0.15) is 12.0 Å². The Morgan fingerprint density at radius 1 is 1.43 bits per heavy atom. The number of nitro benzene ring substituents is 1. The Morgan fingerprint density at radius 2 is 2.14 bits per heavy atom. The van der Waals surface area contributed by atoms with Crippen molar-refractivity contribution in [2.45, 2.75) is 12.2 Å². The lowest BCUT2D eigenvalue weighted by atomic mass is 10.1. The molecule has 8 heteroatoms. The maximum Gasteiger partial charge on any atom is 0.273 e. The number of rotatable bonds is 6. The molecule has 0 amide bonds. The molecule has 1 aromatic carbocycles. The maximum atomic E-state index is 12.4. The molecule has 0 aliphatic carbocycles. The third-order valence-electron chi connectivity index (χ3n) is 3.66. The van der Waals surface area contributed by atoms with Gasteiger partial charge in [0.05, 0.1) is 10.7 Å². The van der Waals surface area contributed by atoms with Crippen LogP contribution in [0.3, 0.4) is 0 Å². The first-order valence-electron chi connectivity index (χ1n) is 6.78. The number of hydrogen-bond acceptors (Lipinski definition) is 5. The van der Waals surface area contributed by atoms with E-state index in [1.165, 1.54) is 22.5 Å². The predicted molar refractivity (Wildman–Crippen MR) is 79.3 cm³/mol. The van der Waals surface area contributed by atoms with Crippen molar-refractivity contribution in [2.75, 3.05) is 26.7 Å². The van der Waals surface area contributed by atoms with Crippen molar-refractivity contribution in [1.82, 2.24) is 9.62 Å². The van der Waals surface area contributed by atoms with Crippen LogP contribution in [0.4, 0.5) is 5.69 Å². The molecule has 0 saturated carbocycles. The molecule has 21 heavy (non-hydrogen) atoms. The van der Waals surface area contributed by atoms with Crippen LogP contribution in [0.2, 0.25) is 0 Å². The van der Waals surface area contributed by atoms with Crippen LogP contribution in [0.5, 0.6) is 0 Å². The topological polar surface area (TPSA) is 92.6 Å². The quantitative estimate of drug-likeness (QED) is 0.624. The molecule has 116 valence electrons. The first kappa shape index (κ1) is 15.9. The standard InChI is InChI=1S/C13H19N3O4S/c1-14-8-11-6-7-15(9-11)21(19,20)10-12-4-2-3-5-13(12)16(17)18/h2-5,11,14H,6-10H2,1H3. The second-order valence-electron chi connectivity index (χ2n) is 5.21. The van der Waals surface area contributed by atoms with Gasteiger partial charge in [0.15, 0.2) is 0 Å². The minimum absolute atomic E-state index is 0.146. The Bertz CT molecular complexity index is 618. The van der Waals surface area contributed by atoms with Crippen LogP contribution in [-0.2, 0) is 15.8 Å². The SMILES string of the molecule is CNCC1CCN(S(=O)(=O)Cc2ccccc2[N+](=O)[O-])C1. The van der Waals surface area contributed by atoms with Gasteiger partial charge in [0.1, 0.15) is 0 Å². The van der Waals surface area contributed by atoms with Crippen molar-refractivity contribution < 1.29 is 13.3 Å². The minimum Gasteiger partial charge on any atom is -0.319 e. The highest BCUT2D eigenvalue weighted by Crippen LogP contribution is 2.25. The summed E-state index contributed by atoms with van der Waals surface area (Å²) < 4.78 is 26.3. The number of sulfonamides is 1. The molecule has 1 unspecified atom stereocenters. The monoisotopic (exact) mass is 313 g/mol. The van der Waals surface area contributed by atoms with Gasteiger partial charge in [0, 0.05) is 24.7 Å². The van der Waals surface area contributed by atoms with Crippen molar-refractivity contribution in [1.29, 1.82) is 0 Å². The minimum atomic E-state index is -3.52. The summed E-state index contributed by atoms with van der Waals surface area (Å²) in [5.41, 5.74) is 0.0895. The molecular weight excluding hydrogens is 294 g/mol. The zero-order chi connectivity index (χ0) is 15.5. The van der Waals surface area contributed by atoms with Crippen LogP contribution in [0, 0.1) is 16.0 Å². The average molecular weight is 313 g/mol. The molecule has 0 radical (unpaired) electrons. The Hall–Kier alpha value is -1.51. The van der Waals surface area contributed by atoms with E-state index in [0.717, 1.165) is 13.0 Å². The van der Waals surface area contributed by atoms with Crippen LogP contribution in [0.25, 0.3) is 0 Å². The number of para-hydroxylation sites is 1. The van der Waals surface area contributed by atoms with Gasteiger partial charge >= 0.3 is 0 Å². The van der Waals surface area contributed by atoms with Gasteiger partial charge in [-0.2, -0.15) is 0 Å². The van der Waals surface area contributed by atoms with Crippen LogP contribution in [-0.4, -0.2) is 44.3 Å². The zero-order valence-electron chi connectivity index (χ0n) is 11.9. The van der Waals surface area contributed by atoms with Crippen molar-refractivity contribution in [3.05, 3.63) is 39.9 Å². The summed E-state index contributed by atoms with van der Waals surface area (Å²) in [5, 5.41) is 14.0. The smallest absolute Gasteiger partial charge is 0.273 e. The van der Waals surface area contributed by atoms with Gasteiger partial charge in [-0.25, -0.2) is 12.7 Å². The van der Waals surface area contributed by atoms with Gasteiger partial charge in [-0.3, -0.25) is 10.1 Å². The summed E-state index contributed by atoms with van der Waals surface area (Å²) in [6.45, 7) is 1.73. The lowest BCUT2D eigenvalue weighted by Gasteiger charge is -2.16. The van der Waals surface area contributed by atoms with E-state index in [2.05, 4.69) is 5.32 Å². The van der Waals surface area contributed by atoms with E-state index >= 15 is 0 Å². The van der Waals surface area contributed by atoms with Gasteiger partial charge in [0.25, 0.3) is 5.69 Å². The zero-order valence-corrected chi connectivity index (χ0v) is 12.7. The highest BCUT2D eigenvalue weighted by Gasteiger charge is 2.32. The van der Waals surface area contributed by atoms with Gasteiger partial charge in [-0.15, -0.1) is 0 Å². The van der Waals surface area contributed by atoms with Crippen LogP contribution in [0.15, 0.2) is 24.3 Å². The Kier molecular flexibility index (Phi) is 4.92. The summed E-state index contributed by atoms with van der Waals surface area (Å²) in [6, 6.07) is 5.98. The molecule has 0 aromatic heterocycles. The summed E-state index contributed by atoms with van der Waals surface area (Å²) in [7, 11) is -1.68. The van der Waals surface area contributed by atoms with Crippen LogP contribution >= 0.6 is 0 Å². The molecule has 1 aliphatic heterocycles. The van der Waals surface area contributed by atoms with Gasteiger partial charge < -0.3 is 5.32 Å². The molecule has 2 rings (SSSR count). The third-order valence-corrected chi connectivity index (χ3v) is 5.46. The molecule has 1 aliphatic rings. The molecule has 1 fully saturated rings. The van der Waals surface area contributed by atoms with Crippen molar-refractivity contribution in [3.8, 4) is 0 Å². The Morgan fingerprint density at radius 3 is 2.81 bits per heavy atom. The van der Waals surface area contributed by atoms with Crippen LogP contribution < -0.4 is 5.32 Å². The Labute approximate surface area is 124 Å². The fraction of sp³-hybridized carbons (Fsp3) is 0.538. The van der Waals surface area contributed by atoms with E-state index in [4.69, 9.17) is 0 Å². The second-order valence-corrected chi connectivity index (χ2v) is 7.18. The van der Waals surface area contributed by atoms with Gasteiger partial charge in [0.2, 0.25) is 10.0 Å². The molecule has 1 aromatic rings. The first-order chi connectivity index (χ1) is 9.94. The Balaban J connectivity index is 2.14. The molecule has 1 saturated heterocycles. The lowest BCUT2D eigenvalue weighted by Crippen LogP contribution is -2.31. The van der Waals surface area contributed by atoms with E-state index in [1.54, 1.807) is 6.07 Å². The number of nitrogens with zero attached hydrogens (tertiary/aromatic N) is 2. The molecule has 0 bridgehead atoms. The molecule has 1 heterocycles. The normalized spacial score (nSPS) is 19.8. The maximum absolute atomic E-state index is 12.4. The van der Waals surface area contributed by atoms with E-state index in [0.29, 0.717) is 19.0 Å². The fourth-order valence-corrected chi connectivity index (χ4v) is 4.25. The largest absolute Gasteiger partial charge is 0.319 e. The van der Waals surface area contributed by atoms with Crippen molar-refractivity contribution in [2.24, 2.45) is 5.92 Å². The average Bonchev–Trinajstić information content (AvgIpc) is 2.88. The molecule has 7 nitrogen and oxygen atoms in total. The van der Waals surface area contributed by atoms with E-state index < -0.39 is 14.9 Å². The van der Waals surface area contributed by atoms with Gasteiger partial charge in [-0.05, 0) is 25.9 Å². The van der Waals surface area contributed by atoms with Crippen molar-refractivity contribution >= 4 is 15.7 Å². The van der Waals surface area contributed by atoms with E-state index in [9.17, 15) is 18.5 Å². The predicted octanol–water partition coefficient (Wildman–Crippen LogP) is 0.966. The molecular formula is C13H19N3O4S. The molecule has 1 atom stereocenters. The first-order valence-corrected chi connectivity index (χ1v) is 8.39. The molecule has 1 N–H and O–H groups in total.